The van der Waals surface area contributed by atoms with Gasteiger partial charge in [-0.3, -0.25) is 14.5 Å². The van der Waals surface area contributed by atoms with Gasteiger partial charge in [-0.2, -0.15) is 0 Å². The smallest absolute Gasteiger partial charge is 0.251 e. The van der Waals surface area contributed by atoms with Gasteiger partial charge in [0.2, 0.25) is 5.91 Å². The Morgan fingerprint density at radius 1 is 1.08 bits per heavy atom. The Morgan fingerprint density at radius 3 is 2.58 bits per heavy atom. The number of nitrogens with zero attached hydrogens (tertiary/aromatic N) is 2. The number of amides is 2. The standard InChI is InChI=1S/C21H29N3O2/c1-23-12-11-19(21(23)26)24-13-9-16(10-14-24)22-20(25)18-8-4-6-15-5-2-3-7-17(15)18/h4,6,8,16,19H,2-3,5,7,9-14H2,1H3,(H,22,25)/t19-/m0/s1. The van der Waals surface area contributed by atoms with Crippen LogP contribution < -0.4 is 5.32 Å². The van der Waals surface area contributed by atoms with Crippen molar-refractivity contribution in [3.8, 4) is 0 Å². The topological polar surface area (TPSA) is 52.6 Å². The first-order valence-electron chi connectivity index (χ1n) is 10.0. The highest BCUT2D eigenvalue weighted by Crippen LogP contribution is 2.25. The zero-order valence-corrected chi connectivity index (χ0v) is 15.7. The second-order valence-electron chi connectivity index (χ2n) is 8.00. The molecular formula is C21H29N3O2. The summed E-state index contributed by atoms with van der Waals surface area (Å²) in [6, 6.07) is 6.43. The van der Waals surface area contributed by atoms with E-state index in [4.69, 9.17) is 0 Å². The lowest BCUT2D eigenvalue weighted by Crippen LogP contribution is -2.50. The van der Waals surface area contributed by atoms with E-state index in [-0.39, 0.29) is 23.9 Å². The summed E-state index contributed by atoms with van der Waals surface area (Å²) in [7, 11) is 1.88. The molecule has 0 unspecified atom stereocenters. The normalized spacial score (nSPS) is 24.6. The van der Waals surface area contributed by atoms with Crippen LogP contribution >= 0.6 is 0 Å². The molecule has 1 N–H and O–H groups in total. The van der Waals surface area contributed by atoms with Gasteiger partial charge in [0.15, 0.2) is 0 Å². The molecule has 2 heterocycles. The highest BCUT2D eigenvalue weighted by atomic mass is 16.2. The molecular weight excluding hydrogens is 326 g/mol. The molecule has 0 saturated carbocycles. The number of carbonyl (C=O) groups is 2. The number of likely N-dealkylation sites (tertiary alicyclic amines) is 2. The Labute approximate surface area is 155 Å². The van der Waals surface area contributed by atoms with Gasteiger partial charge in [0.1, 0.15) is 0 Å². The van der Waals surface area contributed by atoms with Gasteiger partial charge in [0, 0.05) is 38.3 Å². The van der Waals surface area contributed by atoms with Crippen LogP contribution in [0.25, 0.3) is 0 Å². The summed E-state index contributed by atoms with van der Waals surface area (Å²) in [5.74, 6) is 0.335. The number of piperidine rings is 1. The fourth-order valence-corrected chi connectivity index (χ4v) is 4.76. The zero-order valence-electron chi connectivity index (χ0n) is 15.7. The molecule has 1 aromatic rings. The van der Waals surface area contributed by atoms with E-state index >= 15 is 0 Å². The Balaban J connectivity index is 1.35. The third-order valence-corrected chi connectivity index (χ3v) is 6.35. The molecule has 1 aromatic carbocycles. The van der Waals surface area contributed by atoms with Crippen molar-refractivity contribution >= 4 is 11.8 Å². The fraction of sp³-hybridized carbons (Fsp3) is 0.619. The summed E-state index contributed by atoms with van der Waals surface area (Å²) in [4.78, 5) is 29.2. The largest absolute Gasteiger partial charge is 0.349 e. The van der Waals surface area contributed by atoms with E-state index in [2.05, 4.69) is 16.3 Å². The molecule has 1 atom stereocenters. The summed E-state index contributed by atoms with van der Waals surface area (Å²) in [6.45, 7) is 2.64. The van der Waals surface area contributed by atoms with Crippen LogP contribution in [0.2, 0.25) is 0 Å². The highest BCUT2D eigenvalue weighted by Gasteiger charge is 2.36. The van der Waals surface area contributed by atoms with Crippen LogP contribution in [0.15, 0.2) is 18.2 Å². The molecule has 3 aliphatic rings. The van der Waals surface area contributed by atoms with Crippen molar-refractivity contribution in [1.29, 1.82) is 0 Å². The molecule has 5 heteroatoms. The van der Waals surface area contributed by atoms with E-state index in [9.17, 15) is 9.59 Å². The summed E-state index contributed by atoms with van der Waals surface area (Å²) >= 11 is 0. The molecule has 5 nitrogen and oxygen atoms in total. The van der Waals surface area contributed by atoms with Crippen molar-refractivity contribution in [2.75, 3.05) is 26.7 Å². The molecule has 2 fully saturated rings. The summed E-state index contributed by atoms with van der Waals surface area (Å²) in [5, 5.41) is 3.26. The molecule has 0 aromatic heterocycles. The van der Waals surface area contributed by atoms with Crippen molar-refractivity contribution in [1.82, 2.24) is 15.1 Å². The second-order valence-corrected chi connectivity index (χ2v) is 8.00. The Kier molecular flexibility index (Phi) is 4.98. The predicted molar refractivity (Wildman–Crippen MR) is 101 cm³/mol. The van der Waals surface area contributed by atoms with Gasteiger partial charge in [-0.15, -0.1) is 0 Å². The van der Waals surface area contributed by atoms with Crippen molar-refractivity contribution in [3.05, 3.63) is 34.9 Å². The van der Waals surface area contributed by atoms with Crippen molar-refractivity contribution in [2.24, 2.45) is 0 Å². The third kappa shape index (κ3) is 3.37. The SMILES string of the molecule is CN1CC[C@H](N2CCC(NC(=O)c3cccc4c3CCCC4)CC2)C1=O. The maximum absolute atomic E-state index is 12.8. The van der Waals surface area contributed by atoms with Crippen LogP contribution in [0.1, 0.15) is 53.6 Å². The number of hydrogen-bond acceptors (Lipinski definition) is 3. The molecule has 0 bridgehead atoms. The number of hydrogen-bond donors (Lipinski definition) is 1. The van der Waals surface area contributed by atoms with Crippen molar-refractivity contribution in [3.63, 3.8) is 0 Å². The Bertz CT molecular complexity index is 694. The van der Waals surface area contributed by atoms with Gasteiger partial charge >= 0.3 is 0 Å². The Morgan fingerprint density at radius 2 is 1.85 bits per heavy atom. The van der Waals surface area contributed by atoms with Crippen LogP contribution in [0, 0.1) is 0 Å². The first-order chi connectivity index (χ1) is 12.6. The molecule has 2 amide bonds. The minimum atomic E-state index is 0.0535. The lowest BCUT2D eigenvalue weighted by atomic mass is 9.88. The molecule has 2 saturated heterocycles. The van der Waals surface area contributed by atoms with E-state index < -0.39 is 0 Å². The van der Waals surface area contributed by atoms with Crippen LogP contribution in [0.3, 0.4) is 0 Å². The van der Waals surface area contributed by atoms with Crippen LogP contribution in [-0.2, 0) is 17.6 Å². The number of fused-ring (bicyclic) bond motifs is 1. The summed E-state index contributed by atoms with van der Waals surface area (Å²) in [5.41, 5.74) is 3.48. The van der Waals surface area contributed by atoms with E-state index in [1.165, 1.54) is 24.0 Å². The molecule has 2 aliphatic heterocycles. The lowest BCUT2D eigenvalue weighted by molar-refractivity contribution is -0.131. The van der Waals surface area contributed by atoms with Crippen LogP contribution in [0.4, 0.5) is 0 Å². The molecule has 26 heavy (non-hydrogen) atoms. The van der Waals surface area contributed by atoms with Gasteiger partial charge in [-0.05, 0) is 62.1 Å². The van der Waals surface area contributed by atoms with Crippen LogP contribution in [-0.4, -0.2) is 60.4 Å². The first-order valence-corrected chi connectivity index (χ1v) is 10.0. The molecule has 1 aliphatic carbocycles. The van der Waals surface area contributed by atoms with Crippen molar-refractivity contribution in [2.45, 2.75) is 57.0 Å². The van der Waals surface area contributed by atoms with Crippen LogP contribution in [0.5, 0.6) is 0 Å². The van der Waals surface area contributed by atoms with Gasteiger partial charge < -0.3 is 10.2 Å². The average Bonchev–Trinajstić information content (AvgIpc) is 3.01. The number of nitrogens with one attached hydrogen (secondary N) is 1. The number of rotatable bonds is 3. The predicted octanol–water partition coefficient (Wildman–Crippen LogP) is 1.99. The molecule has 140 valence electrons. The third-order valence-electron chi connectivity index (χ3n) is 6.35. The number of benzene rings is 1. The first kappa shape index (κ1) is 17.5. The zero-order chi connectivity index (χ0) is 18.1. The maximum Gasteiger partial charge on any atom is 0.251 e. The fourth-order valence-electron chi connectivity index (χ4n) is 4.76. The van der Waals surface area contributed by atoms with Gasteiger partial charge in [0.25, 0.3) is 5.91 Å². The second kappa shape index (κ2) is 7.39. The maximum atomic E-state index is 12.8. The van der Waals surface area contributed by atoms with Crippen molar-refractivity contribution < 1.29 is 9.59 Å². The number of likely N-dealkylation sites (N-methyl/N-ethyl adjacent to an activating group) is 1. The number of aryl methyl sites for hydroxylation is 1. The minimum absolute atomic E-state index is 0.0535. The van der Waals surface area contributed by atoms with E-state index in [1.807, 2.05) is 24.1 Å². The van der Waals surface area contributed by atoms with E-state index in [0.717, 1.165) is 57.3 Å². The van der Waals surface area contributed by atoms with Gasteiger partial charge in [-0.1, -0.05) is 12.1 Å². The minimum Gasteiger partial charge on any atom is -0.349 e. The highest BCUT2D eigenvalue weighted by molar-refractivity contribution is 5.96. The summed E-state index contributed by atoms with van der Waals surface area (Å²) in [6.07, 6.45) is 7.31. The lowest BCUT2D eigenvalue weighted by Gasteiger charge is -2.35. The molecule has 4 rings (SSSR count). The van der Waals surface area contributed by atoms with Gasteiger partial charge in [-0.25, -0.2) is 0 Å². The van der Waals surface area contributed by atoms with E-state index in [1.54, 1.807) is 0 Å². The van der Waals surface area contributed by atoms with Gasteiger partial charge in [0.05, 0.1) is 6.04 Å². The monoisotopic (exact) mass is 355 g/mol. The quantitative estimate of drug-likeness (QED) is 0.902. The molecule has 0 radical (unpaired) electrons. The number of carbonyl (C=O) groups excluding carboxylic acids is 2. The average molecular weight is 355 g/mol. The summed E-state index contributed by atoms with van der Waals surface area (Å²) < 4.78 is 0. The van der Waals surface area contributed by atoms with E-state index in [0.29, 0.717) is 0 Å². The Hall–Kier alpha value is -1.88. The molecule has 0 spiro atoms.